The number of aliphatic hydroxyl groups is 1. The van der Waals surface area contributed by atoms with Crippen molar-refractivity contribution in [1.29, 1.82) is 0 Å². The van der Waals surface area contributed by atoms with Crippen LogP contribution in [-0.4, -0.2) is 50.6 Å². The van der Waals surface area contributed by atoms with Crippen molar-refractivity contribution < 1.29 is 9.84 Å². The largest absolute Gasteiger partial charge is 0.392 e. The molecule has 9 nitrogen and oxygen atoms in total. The van der Waals surface area contributed by atoms with Crippen LogP contribution >= 0.6 is 0 Å². The number of rotatable bonds is 7. The molecule has 0 unspecified atom stereocenters. The molecule has 2 heterocycles. The lowest BCUT2D eigenvalue weighted by Crippen LogP contribution is -2.29. The van der Waals surface area contributed by atoms with Crippen molar-refractivity contribution in [2.45, 2.75) is 26.0 Å². The minimum atomic E-state index is -0.659. The van der Waals surface area contributed by atoms with E-state index in [9.17, 15) is 14.7 Å². The van der Waals surface area contributed by atoms with Gasteiger partial charge in [-0.15, -0.1) is 0 Å². The summed E-state index contributed by atoms with van der Waals surface area (Å²) in [7, 11) is 3.16. The zero-order valence-electron chi connectivity index (χ0n) is 12.9. The van der Waals surface area contributed by atoms with Gasteiger partial charge in [0.05, 0.1) is 12.6 Å². The number of ether oxygens (including phenoxy) is 1. The minimum absolute atomic E-state index is 0.199. The van der Waals surface area contributed by atoms with Gasteiger partial charge >= 0.3 is 5.69 Å². The highest BCUT2D eigenvalue weighted by atomic mass is 16.5. The molecule has 0 radical (unpaired) electrons. The van der Waals surface area contributed by atoms with Crippen molar-refractivity contribution in [3.8, 4) is 0 Å². The first-order chi connectivity index (χ1) is 10.5. The lowest BCUT2D eigenvalue weighted by Gasteiger charge is -2.11. The summed E-state index contributed by atoms with van der Waals surface area (Å²) >= 11 is 0. The summed E-state index contributed by atoms with van der Waals surface area (Å²) < 4.78 is 7.84. The standard InChI is InChI=1S/C13H21N5O4/c1-8(19)7-18-9-10(17(2)13(21)16-11(9)20)15-12(18)14-5-4-6-22-3/h8,19H,4-7H2,1-3H3,(H,14,15)(H,16,20,21)/t8-/m0/s1. The van der Waals surface area contributed by atoms with Gasteiger partial charge in [0, 0.05) is 27.3 Å². The first-order valence-electron chi connectivity index (χ1n) is 7.06. The van der Waals surface area contributed by atoms with Gasteiger partial charge in [-0.2, -0.15) is 4.98 Å². The Kier molecular flexibility index (Phi) is 4.99. The average molecular weight is 311 g/mol. The van der Waals surface area contributed by atoms with E-state index in [4.69, 9.17) is 4.74 Å². The highest BCUT2D eigenvalue weighted by Gasteiger charge is 2.18. The molecule has 0 saturated heterocycles. The van der Waals surface area contributed by atoms with E-state index in [0.29, 0.717) is 19.1 Å². The Bertz CT molecular complexity index is 758. The number of H-pyrrole nitrogens is 1. The number of aryl methyl sites for hydroxylation is 1. The van der Waals surface area contributed by atoms with E-state index in [-0.39, 0.29) is 17.7 Å². The molecule has 0 fully saturated rings. The minimum Gasteiger partial charge on any atom is -0.392 e. The predicted molar refractivity (Wildman–Crippen MR) is 82.3 cm³/mol. The summed E-state index contributed by atoms with van der Waals surface area (Å²) in [5, 5.41) is 12.8. The van der Waals surface area contributed by atoms with E-state index in [1.165, 1.54) is 11.6 Å². The maximum atomic E-state index is 12.1. The number of fused-ring (bicyclic) bond motifs is 1. The molecule has 0 saturated carbocycles. The molecule has 3 N–H and O–H groups in total. The zero-order valence-corrected chi connectivity index (χ0v) is 12.9. The molecule has 1 atom stereocenters. The molecule has 0 aromatic carbocycles. The predicted octanol–water partition coefficient (Wildman–Crippen LogP) is -0.747. The molecule has 0 amide bonds. The SMILES string of the molecule is COCCCNc1nc2c(c(=O)[nH]c(=O)n2C)n1C[C@H](C)O. The van der Waals surface area contributed by atoms with Gasteiger partial charge in [0.1, 0.15) is 0 Å². The molecule has 2 aromatic heterocycles. The molecule has 0 aliphatic heterocycles. The molecular formula is C13H21N5O4. The van der Waals surface area contributed by atoms with Crippen molar-refractivity contribution in [1.82, 2.24) is 19.1 Å². The normalized spacial score (nSPS) is 12.7. The summed E-state index contributed by atoms with van der Waals surface area (Å²) in [6.45, 7) is 3.02. The summed E-state index contributed by atoms with van der Waals surface area (Å²) in [6, 6.07) is 0. The number of imidazole rings is 1. The van der Waals surface area contributed by atoms with Gasteiger partial charge in [-0.3, -0.25) is 14.3 Å². The van der Waals surface area contributed by atoms with Gasteiger partial charge in [0.2, 0.25) is 5.95 Å². The maximum Gasteiger partial charge on any atom is 0.329 e. The fraction of sp³-hybridized carbons (Fsp3) is 0.615. The number of aromatic amines is 1. The molecule has 122 valence electrons. The first-order valence-corrected chi connectivity index (χ1v) is 7.06. The lowest BCUT2D eigenvalue weighted by atomic mass is 10.4. The highest BCUT2D eigenvalue weighted by molar-refractivity contribution is 5.74. The topological polar surface area (TPSA) is 114 Å². The van der Waals surface area contributed by atoms with E-state index >= 15 is 0 Å². The van der Waals surface area contributed by atoms with Crippen LogP contribution in [0.5, 0.6) is 0 Å². The van der Waals surface area contributed by atoms with Gasteiger partial charge in [-0.25, -0.2) is 4.79 Å². The molecule has 0 spiro atoms. The molecule has 0 bridgehead atoms. The number of anilines is 1. The first kappa shape index (κ1) is 16.2. The van der Waals surface area contributed by atoms with Crippen LogP contribution in [0, 0.1) is 0 Å². The number of nitrogens with one attached hydrogen (secondary N) is 2. The lowest BCUT2D eigenvalue weighted by molar-refractivity contribution is 0.175. The van der Waals surface area contributed by atoms with Crippen molar-refractivity contribution >= 4 is 17.1 Å². The molecule has 2 rings (SSSR count). The monoisotopic (exact) mass is 311 g/mol. The Morgan fingerprint density at radius 2 is 2.18 bits per heavy atom. The fourth-order valence-corrected chi connectivity index (χ4v) is 2.23. The average Bonchev–Trinajstić information content (AvgIpc) is 2.80. The van der Waals surface area contributed by atoms with Crippen LogP contribution < -0.4 is 16.6 Å². The number of aromatic nitrogens is 4. The van der Waals surface area contributed by atoms with Gasteiger partial charge in [-0.1, -0.05) is 0 Å². The van der Waals surface area contributed by atoms with Crippen LogP contribution in [0.15, 0.2) is 9.59 Å². The molecule has 22 heavy (non-hydrogen) atoms. The van der Waals surface area contributed by atoms with E-state index < -0.39 is 17.4 Å². The number of hydrogen-bond acceptors (Lipinski definition) is 6. The van der Waals surface area contributed by atoms with Gasteiger partial charge < -0.3 is 19.7 Å². The Labute approximate surface area is 126 Å². The summed E-state index contributed by atoms with van der Waals surface area (Å²) in [6.07, 6.45) is 0.109. The number of nitrogens with zero attached hydrogens (tertiary/aromatic N) is 3. The van der Waals surface area contributed by atoms with Gasteiger partial charge in [0.25, 0.3) is 5.56 Å². The summed E-state index contributed by atoms with van der Waals surface area (Å²) in [5.41, 5.74) is -0.498. The summed E-state index contributed by atoms with van der Waals surface area (Å²) in [4.78, 5) is 30.3. The number of aliphatic hydroxyl groups excluding tert-OH is 1. The van der Waals surface area contributed by atoms with E-state index in [1.807, 2.05) is 0 Å². The third kappa shape index (κ3) is 3.20. The van der Waals surface area contributed by atoms with Crippen LogP contribution in [0.4, 0.5) is 5.95 Å². The van der Waals surface area contributed by atoms with Gasteiger partial charge in [-0.05, 0) is 13.3 Å². The van der Waals surface area contributed by atoms with Crippen molar-refractivity contribution in [2.75, 3.05) is 25.6 Å². The van der Waals surface area contributed by atoms with E-state index in [0.717, 1.165) is 6.42 Å². The molecule has 2 aromatic rings. The van der Waals surface area contributed by atoms with Crippen LogP contribution in [0.1, 0.15) is 13.3 Å². The molecule has 0 aliphatic carbocycles. The number of hydrogen-bond donors (Lipinski definition) is 3. The molecule has 9 heteroatoms. The third-order valence-corrected chi connectivity index (χ3v) is 3.26. The third-order valence-electron chi connectivity index (χ3n) is 3.26. The second-order valence-corrected chi connectivity index (χ2v) is 5.16. The second kappa shape index (κ2) is 6.75. The van der Waals surface area contributed by atoms with Crippen molar-refractivity contribution in [2.24, 2.45) is 7.05 Å². The van der Waals surface area contributed by atoms with Crippen molar-refractivity contribution in [3.05, 3.63) is 20.8 Å². The Morgan fingerprint density at radius 1 is 1.45 bits per heavy atom. The highest BCUT2D eigenvalue weighted by Crippen LogP contribution is 2.15. The Morgan fingerprint density at radius 3 is 2.82 bits per heavy atom. The van der Waals surface area contributed by atoms with Crippen LogP contribution in [0.3, 0.4) is 0 Å². The molecular weight excluding hydrogens is 290 g/mol. The van der Waals surface area contributed by atoms with Crippen LogP contribution in [0.25, 0.3) is 11.2 Å². The fourth-order valence-electron chi connectivity index (χ4n) is 2.23. The number of methoxy groups -OCH3 is 1. The van der Waals surface area contributed by atoms with E-state index in [1.54, 1.807) is 18.6 Å². The van der Waals surface area contributed by atoms with Gasteiger partial charge in [0.15, 0.2) is 11.2 Å². The molecule has 0 aliphatic rings. The zero-order chi connectivity index (χ0) is 16.3. The Hall–Kier alpha value is -2.13. The Balaban J connectivity index is 2.50. The second-order valence-electron chi connectivity index (χ2n) is 5.16. The summed E-state index contributed by atoms with van der Waals surface area (Å²) in [5.74, 6) is 0.443. The van der Waals surface area contributed by atoms with E-state index in [2.05, 4.69) is 15.3 Å². The quantitative estimate of drug-likeness (QED) is 0.580. The van der Waals surface area contributed by atoms with Crippen LogP contribution in [-0.2, 0) is 18.3 Å². The smallest absolute Gasteiger partial charge is 0.329 e. The maximum absolute atomic E-state index is 12.1. The van der Waals surface area contributed by atoms with Crippen LogP contribution in [0.2, 0.25) is 0 Å². The van der Waals surface area contributed by atoms with Crippen molar-refractivity contribution in [3.63, 3.8) is 0 Å².